The number of hydrogen-bond donors (Lipinski definition) is 3. The number of nitrogens with one attached hydrogen (secondary N) is 2. The van der Waals surface area contributed by atoms with E-state index in [0.29, 0.717) is 10.2 Å². The van der Waals surface area contributed by atoms with E-state index in [9.17, 15) is 4.79 Å². The summed E-state index contributed by atoms with van der Waals surface area (Å²) in [5, 5.41) is 3.57. The minimum absolute atomic E-state index is 0.223. The number of anilines is 1. The molecule has 0 saturated carbocycles. The molecule has 19 heavy (non-hydrogen) atoms. The van der Waals surface area contributed by atoms with Crippen LogP contribution in [0.2, 0.25) is 10.2 Å². The van der Waals surface area contributed by atoms with Crippen molar-refractivity contribution >= 4 is 45.6 Å². The van der Waals surface area contributed by atoms with Crippen LogP contribution in [0.5, 0.6) is 0 Å². The number of carbonyl (C=O) groups is 1. The topological polar surface area (TPSA) is 83.8 Å². The van der Waals surface area contributed by atoms with Crippen LogP contribution in [0.25, 0.3) is 0 Å². The van der Waals surface area contributed by atoms with Crippen LogP contribution < -0.4 is 11.1 Å². The number of aromatic amines is 1. The molecule has 5 nitrogen and oxygen atoms in total. The molecule has 0 unspecified atom stereocenters. The maximum Gasteiger partial charge on any atom is 0.273 e. The lowest BCUT2D eigenvalue weighted by atomic mass is 10.4. The predicted molar refractivity (Wildman–Crippen MR) is 76.8 cm³/mol. The SMILES string of the molecule is NCC#Cc1cnc(NC(=O)c2cc(Cl)c(Cl)[nH]2)s1. The monoisotopic (exact) mass is 314 g/mol. The van der Waals surface area contributed by atoms with Crippen molar-refractivity contribution in [2.75, 3.05) is 11.9 Å². The number of thiazole rings is 1. The summed E-state index contributed by atoms with van der Waals surface area (Å²) in [5.74, 6) is 5.17. The Hall–Kier alpha value is -1.52. The smallest absolute Gasteiger partial charge is 0.273 e. The van der Waals surface area contributed by atoms with Gasteiger partial charge in [0.2, 0.25) is 0 Å². The molecule has 0 fully saturated rings. The standard InChI is InChI=1S/C11H8Cl2N4OS/c12-7-4-8(16-9(7)13)10(18)17-11-15-5-6(19-11)2-1-3-14/h4-5,16H,3,14H2,(H,15,17,18). The molecule has 2 rings (SSSR count). The number of hydrogen-bond acceptors (Lipinski definition) is 4. The number of H-pyrrole nitrogens is 1. The van der Waals surface area contributed by atoms with Gasteiger partial charge in [-0.15, -0.1) is 0 Å². The van der Waals surface area contributed by atoms with E-state index in [0.717, 1.165) is 4.88 Å². The molecule has 0 saturated heterocycles. The summed E-state index contributed by atoms with van der Waals surface area (Å²) in [6, 6.07) is 1.45. The normalized spacial score (nSPS) is 9.84. The van der Waals surface area contributed by atoms with Gasteiger partial charge in [-0.05, 0) is 6.07 Å². The molecule has 1 amide bonds. The van der Waals surface area contributed by atoms with Crippen LogP contribution in [-0.2, 0) is 0 Å². The molecule has 0 radical (unpaired) electrons. The first-order valence-electron chi connectivity index (χ1n) is 5.10. The summed E-state index contributed by atoms with van der Waals surface area (Å²) in [6.45, 7) is 0.277. The summed E-state index contributed by atoms with van der Waals surface area (Å²) >= 11 is 12.7. The molecule has 0 bridgehead atoms. The largest absolute Gasteiger partial charge is 0.340 e. The Morgan fingerprint density at radius 1 is 1.58 bits per heavy atom. The summed E-state index contributed by atoms with van der Waals surface area (Å²) < 4.78 is 0. The van der Waals surface area contributed by atoms with Gasteiger partial charge < -0.3 is 10.7 Å². The van der Waals surface area contributed by atoms with Gasteiger partial charge in [0.25, 0.3) is 5.91 Å². The summed E-state index contributed by atoms with van der Waals surface area (Å²) in [7, 11) is 0. The summed E-state index contributed by atoms with van der Waals surface area (Å²) in [4.78, 5) is 19.3. The Kier molecular flexibility index (Phi) is 4.45. The second-order valence-corrected chi connectivity index (χ2v) is 5.15. The maximum atomic E-state index is 11.9. The van der Waals surface area contributed by atoms with Crippen molar-refractivity contribution in [3.63, 3.8) is 0 Å². The molecule has 0 aliphatic carbocycles. The number of amides is 1. The number of nitrogens with two attached hydrogens (primary N) is 1. The Morgan fingerprint density at radius 3 is 3.00 bits per heavy atom. The van der Waals surface area contributed by atoms with Crippen LogP contribution in [0.1, 0.15) is 15.4 Å². The highest BCUT2D eigenvalue weighted by molar-refractivity contribution is 7.16. The fourth-order valence-corrected chi connectivity index (χ4v) is 2.22. The Morgan fingerprint density at radius 2 is 2.37 bits per heavy atom. The Balaban J connectivity index is 2.08. The molecule has 2 heterocycles. The van der Waals surface area contributed by atoms with E-state index in [1.807, 2.05) is 0 Å². The van der Waals surface area contributed by atoms with Crippen LogP contribution in [0.4, 0.5) is 5.13 Å². The molecule has 8 heteroatoms. The highest BCUT2D eigenvalue weighted by Crippen LogP contribution is 2.23. The van der Waals surface area contributed by atoms with Gasteiger partial charge in [0, 0.05) is 0 Å². The Bertz CT molecular complexity index is 648. The third-order valence-electron chi connectivity index (χ3n) is 2.01. The minimum Gasteiger partial charge on any atom is -0.340 e. The molecular formula is C11H8Cl2N4OS. The molecule has 0 atom stereocenters. The number of nitrogens with zero attached hydrogens (tertiary/aromatic N) is 1. The fourth-order valence-electron chi connectivity index (χ4n) is 1.22. The highest BCUT2D eigenvalue weighted by atomic mass is 35.5. The van der Waals surface area contributed by atoms with Crippen molar-refractivity contribution < 1.29 is 4.79 Å². The van der Waals surface area contributed by atoms with Crippen molar-refractivity contribution in [2.24, 2.45) is 5.73 Å². The van der Waals surface area contributed by atoms with E-state index >= 15 is 0 Å². The van der Waals surface area contributed by atoms with Gasteiger partial charge in [-0.25, -0.2) is 4.98 Å². The lowest BCUT2D eigenvalue weighted by Gasteiger charge is -1.97. The van der Waals surface area contributed by atoms with Crippen molar-refractivity contribution in [1.82, 2.24) is 9.97 Å². The van der Waals surface area contributed by atoms with E-state index in [4.69, 9.17) is 28.9 Å². The van der Waals surface area contributed by atoms with Gasteiger partial charge in [-0.1, -0.05) is 46.4 Å². The third kappa shape index (κ3) is 3.49. The van der Waals surface area contributed by atoms with E-state index in [2.05, 4.69) is 27.1 Å². The van der Waals surface area contributed by atoms with E-state index in [1.165, 1.54) is 17.4 Å². The van der Waals surface area contributed by atoms with Crippen LogP contribution in [-0.4, -0.2) is 22.4 Å². The lowest BCUT2D eigenvalue weighted by Crippen LogP contribution is -2.11. The number of carbonyl (C=O) groups excluding carboxylic acids is 1. The average molecular weight is 315 g/mol. The second-order valence-electron chi connectivity index (χ2n) is 3.33. The first-order valence-corrected chi connectivity index (χ1v) is 6.67. The van der Waals surface area contributed by atoms with E-state index in [1.54, 1.807) is 6.20 Å². The summed E-state index contributed by atoms with van der Waals surface area (Å²) in [5.41, 5.74) is 5.53. The zero-order valence-corrected chi connectivity index (χ0v) is 11.8. The van der Waals surface area contributed by atoms with E-state index in [-0.39, 0.29) is 23.3 Å². The van der Waals surface area contributed by atoms with Crippen LogP contribution >= 0.6 is 34.5 Å². The third-order valence-corrected chi connectivity index (χ3v) is 3.53. The molecule has 2 aromatic heterocycles. The quantitative estimate of drug-likeness (QED) is 0.744. The molecule has 0 aromatic carbocycles. The van der Waals surface area contributed by atoms with Gasteiger partial charge in [0.1, 0.15) is 10.8 Å². The Labute approximate surface area is 123 Å². The second kappa shape index (κ2) is 6.08. The van der Waals surface area contributed by atoms with Crippen molar-refractivity contribution in [3.05, 3.63) is 33.0 Å². The average Bonchev–Trinajstić information content (AvgIpc) is 2.95. The van der Waals surface area contributed by atoms with E-state index < -0.39 is 0 Å². The van der Waals surface area contributed by atoms with Crippen molar-refractivity contribution in [1.29, 1.82) is 0 Å². The van der Waals surface area contributed by atoms with Crippen LogP contribution in [0, 0.1) is 11.8 Å². The zero-order valence-electron chi connectivity index (χ0n) is 9.46. The van der Waals surface area contributed by atoms with Gasteiger partial charge in [-0.3, -0.25) is 10.1 Å². The highest BCUT2D eigenvalue weighted by Gasteiger charge is 2.13. The number of halogens is 2. The number of rotatable bonds is 2. The molecular weight excluding hydrogens is 307 g/mol. The molecule has 0 aliphatic heterocycles. The van der Waals surface area contributed by atoms with Crippen LogP contribution in [0.15, 0.2) is 12.3 Å². The lowest BCUT2D eigenvalue weighted by molar-refractivity contribution is 0.102. The number of aromatic nitrogens is 2. The first-order chi connectivity index (χ1) is 9.10. The zero-order chi connectivity index (χ0) is 13.8. The predicted octanol–water partition coefficient (Wildman–Crippen LogP) is 2.34. The minimum atomic E-state index is -0.374. The molecule has 0 aliphatic rings. The maximum absolute atomic E-state index is 11.9. The van der Waals surface area contributed by atoms with Gasteiger partial charge in [0.15, 0.2) is 5.13 Å². The van der Waals surface area contributed by atoms with Crippen molar-refractivity contribution in [2.45, 2.75) is 0 Å². The van der Waals surface area contributed by atoms with Gasteiger partial charge >= 0.3 is 0 Å². The molecule has 98 valence electrons. The molecule has 4 N–H and O–H groups in total. The van der Waals surface area contributed by atoms with Gasteiger partial charge in [-0.2, -0.15) is 0 Å². The molecule has 0 spiro atoms. The summed E-state index contributed by atoms with van der Waals surface area (Å²) in [6.07, 6.45) is 1.57. The van der Waals surface area contributed by atoms with Gasteiger partial charge in [0.05, 0.1) is 22.6 Å². The first kappa shape index (κ1) is 13.9. The molecule has 2 aromatic rings. The van der Waals surface area contributed by atoms with Crippen molar-refractivity contribution in [3.8, 4) is 11.8 Å². The van der Waals surface area contributed by atoms with Crippen LogP contribution in [0.3, 0.4) is 0 Å². The fraction of sp³-hybridized carbons (Fsp3) is 0.0909.